The molecule has 0 spiro atoms. The lowest BCUT2D eigenvalue weighted by atomic mass is 9.93. The average molecular weight is 271 g/mol. The van der Waals surface area contributed by atoms with Crippen LogP contribution >= 0.6 is 0 Å². The van der Waals surface area contributed by atoms with Gasteiger partial charge in [0.1, 0.15) is 0 Å². The quantitative estimate of drug-likeness (QED) is 0.673. The van der Waals surface area contributed by atoms with Crippen LogP contribution in [-0.2, 0) is 9.53 Å². The van der Waals surface area contributed by atoms with Gasteiger partial charge in [-0.25, -0.2) is 0 Å². The molecule has 1 aliphatic rings. The van der Waals surface area contributed by atoms with Gasteiger partial charge in [0.15, 0.2) is 0 Å². The highest BCUT2D eigenvalue weighted by molar-refractivity contribution is 5.78. The van der Waals surface area contributed by atoms with E-state index < -0.39 is 0 Å². The number of piperidine rings is 1. The molecule has 19 heavy (non-hydrogen) atoms. The van der Waals surface area contributed by atoms with Crippen LogP contribution in [0.2, 0.25) is 0 Å². The van der Waals surface area contributed by atoms with E-state index in [1.165, 1.54) is 19.3 Å². The molecule has 2 N–H and O–H groups in total. The van der Waals surface area contributed by atoms with Crippen LogP contribution in [0.3, 0.4) is 0 Å². The van der Waals surface area contributed by atoms with Crippen LogP contribution in [0.15, 0.2) is 0 Å². The Morgan fingerprint density at radius 1 is 1.42 bits per heavy atom. The molecule has 1 rings (SSSR count). The SMILES string of the molecule is CNCCC1CCN(CC(=O)NC(C)COC)CC1. The number of hydrogen-bond acceptors (Lipinski definition) is 4. The zero-order valence-electron chi connectivity index (χ0n) is 12.6. The summed E-state index contributed by atoms with van der Waals surface area (Å²) in [7, 11) is 3.65. The van der Waals surface area contributed by atoms with E-state index >= 15 is 0 Å². The number of rotatable bonds is 8. The topological polar surface area (TPSA) is 53.6 Å². The summed E-state index contributed by atoms with van der Waals surface area (Å²) in [6, 6.07) is 0.0886. The monoisotopic (exact) mass is 271 g/mol. The fourth-order valence-electron chi connectivity index (χ4n) is 2.60. The molecule has 0 aromatic heterocycles. The highest BCUT2D eigenvalue weighted by Gasteiger charge is 2.20. The van der Waals surface area contributed by atoms with Crippen molar-refractivity contribution in [2.75, 3.05) is 46.9 Å². The second-order valence-corrected chi connectivity index (χ2v) is 5.54. The van der Waals surface area contributed by atoms with Crippen LogP contribution in [0.5, 0.6) is 0 Å². The molecule has 1 amide bonds. The predicted molar refractivity (Wildman–Crippen MR) is 77.2 cm³/mol. The minimum absolute atomic E-state index is 0.0886. The fourth-order valence-corrected chi connectivity index (χ4v) is 2.60. The molecule has 1 heterocycles. The summed E-state index contributed by atoms with van der Waals surface area (Å²) >= 11 is 0. The van der Waals surface area contributed by atoms with Crippen molar-refractivity contribution in [2.24, 2.45) is 5.92 Å². The van der Waals surface area contributed by atoms with Gasteiger partial charge in [-0.05, 0) is 58.8 Å². The standard InChI is InChI=1S/C14H29N3O2/c1-12(11-19-3)16-14(18)10-17-8-5-13(6-9-17)4-7-15-2/h12-13,15H,4-11H2,1-3H3,(H,16,18). The Hall–Kier alpha value is -0.650. The van der Waals surface area contributed by atoms with E-state index in [0.29, 0.717) is 13.2 Å². The lowest BCUT2D eigenvalue weighted by molar-refractivity contribution is -0.123. The first kappa shape index (κ1) is 16.4. The van der Waals surface area contributed by atoms with Gasteiger partial charge in [0.25, 0.3) is 0 Å². The van der Waals surface area contributed by atoms with Gasteiger partial charge in [-0.1, -0.05) is 0 Å². The molecule has 0 aromatic carbocycles. The lowest BCUT2D eigenvalue weighted by Gasteiger charge is -2.31. The van der Waals surface area contributed by atoms with Crippen LogP contribution in [0.25, 0.3) is 0 Å². The molecular weight excluding hydrogens is 242 g/mol. The first-order valence-corrected chi connectivity index (χ1v) is 7.31. The average Bonchev–Trinajstić information content (AvgIpc) is 2.38. The summed E-state index contributed by atoms with van der Waals surface area (Å²) in [6.45, 7) is 6.23. The Labute approximate surface area is 117 Å². The highest BCUT2D eigenvalue weighted by atomic mass is 16.5. The van der Waals surface area contributed by atoms with Crippen molar-refractivity contribution in [3.05, 3.63) is 0 Å². The Balaban J connectivity index is 2.16. The molecule has 5 heteroatoms. The molecule has 0 aliphatic carbocycles. The largest absolute Gasteiger partial charge is 0.383 e. The first-order chi connectivity index (χ1) is 9.15. The number of likely N-dealkylation sites (tertiary alicyclic amines) is 1. The molecule has 5 nitrogen and oxygen atoms in total. The molecule has 1 saturated heterocycles. The zero-order chi connectivity index (χ0) is 14.1. The minimum atomic E-state index is 0.0886. The van der Waals surface area contributed by atoms with Gasteiger partial charge >= 0.3 is 0 Å². The number of hydrogen-bond donors (Lipinski definition) is 2. The summed E-state index contributed by atoms with van der Waals surface area (Å²) in [5.41, 5.74) is 0. The smallest absolute Gasteiger partial charge is 0.234 e. The van der Waals surface area contributed by atoms with Gasteiger partial charge in [-0.2, -0.15) is 0 Å². The van der Waals surface area contributed by atoms with Crippen molar-refractivity contribution in [1.82, 2.24) is 15.5 Å². The van der Waals surface area contributed by atoms with Crippen molar-refractivity contribution < 1.29 is 9.53 Å². The maximum atomic E-state index is 11.8. The predicted octanol–water partition coefficient (Wildman–Crippen LogP) is 0.459. The molecule has 1 atom stereocenters. The first-order valence-electron chi connectivity index (χ1n) is 7.31. The molecule has 0 saturated carbocycles. The van der Waals surface area contributed by atoms with Crippen molar-refractivity contribution in [2.45, 2.75) is 32.2 Å². The summed E-state index contributed by atoms with van der Waals surface area (Å²) < 4.78 is 5.01. The second kappa shape index (κ2) is 9.28. The van der Waals surface area contributed by atoms with Crippen LogP contribution in [0.1, 0.15) is 26.2 Å². The van der Waals surface area contributed by atoms with Gasteiger partial charge in [0, 0.05) is 13.2 Å². The van der Waals surface area contributed by atoms with E-state index in [2.05, 4.69) is 15.5 Å². The Kier molecular flexibility index (Phi) is 8.02. The third kappa shape index (κ3) is 6.89. The van der Waals surface area contributed by atoms with E-state index in [-0.39, 0.29) is 11.9 Å². The van der Waals surface area contributed by atoms with Crippen molar-refractivity contribution in [3.63, 3.8) is 0 Å². The van der Waals surface area contributed by atoms with E-state index in [1.54, 1.807) is 7.11 Å². The van der Waals surface area contributed by atoms with Crippen LogP contribution < -0.4 is 10.6 Å². The van der Waals surface area contributed by atoms with Crippen molar-refractivity contribution in [3.8, 4) is 0 Å². The van der Waals surface area contributed by atoms with Gasteiger partial charge in [-0.3, -0.25) is 9.69 Å². The summed E-state index contributed by atoms with van der Waals surface area (Å²) in [5, 5.41) is 6.16. The summed E-state index contributed by atoms with van der Waals surface area (Å²) in [6.07, 6.45) is 3.67. The number of carbonyl (C=O) groups is 1. The van der Waals surface area contributed by atoms with E-state index in [1.807, 2.05) is 14.0 Å². The number of ether oxygens (including phenoxy) is 1. The molecule has 1 unspecified atom stereocenters. The third-order valence-electron chi connectivity index (χ3n) is 3.70. The molecule has 112 valence electrons. The molecule has 0 bridgehead atoms. The number of carbonyl (C=O) groups excluding carboxylic acids is 1. The summed E-state index contributed by atoms with van der Waals surface area (Å²) in [4.78, 5) is 14.1. The lowest BCUT2D eigenvalue weighted by Crippen LogP contribution is -2.45. The van der Waals surface area contributed by atoms with Gasteiger partial charge < -0.3 is 15.4 Å². The van der Waals surface area contributed by atoms with Gasteiger partial charge in [-0.15, -0.1) is 0 Å². The molecule has 1 fully saturated rings. The minimum Gasteiger partial charge on any atom is -0.383 e. The Bertz CT molecular complexity index is 253. The Morgan fingerprint density at radius 3 is 2.68 bits per heavy atom. The fraction of sp³-hybridized carbons (Fsp3) is 0.929. The van der Waals surface area contributed by atoms with E-state index in [0.717, 1.165) is 25.6 Å². The molecule has 0 radical (unpaired) electrons. The maximum absolute atomic E-state index is 11.8. The molecule has 0 aromatic rings. The van der Waals surface area contributed by atoms with Crippen molar-refractivity contribution >= 4 is 5.91 Å². The molecule has 1 aliphatic heterocycles. The van der Waals surface area contributed by atoms with Crippen molar-refractivity contribution in [1.29, 1.82) is 0 Å². The van der Waals surface area contributed by atoms with E-state index in [4.69, 9.17) is 4.74 Å². The number of amides is 1. The zero-order valence-corrected chi connectivity index (χ0v) is 12.6. The van der Waals surface area contributed by atoms with Gasteiger partial charge in [0.05, 0.1) is 13.2 Å². The number of methoxy groups -OCH3 is 1. The highest BCUT2D eigenvalue weighted by Crippen LogP contribution is 2.19. The summed E-state index contributed by atoms with van der Waals surface area (Å²) in [5.74, 6) is 0.928. The number of nitrogens with one attached hydrogen (secondary N) is 2. The Morgan fingerprint density at radius 2 is 2.11 bits per heavy atom. The normalized spacial score (nSPS) is 19.3. The van der Waals surface area contributed by atoms with Crippen LogP contribution in [0.4, 0.5) is 0 Å². The van der Waals surface area contributed by atoms with E-state index in [9.17, 15) is 4.79 Å². The maximum Gasteiger partial charge on any atom is 0.234 e. The second-order valence-electron chi connectivity index (χ2n) is 5.54. The van der Waals surface area contributed by atoms with Gasteiger partial charge in [0.2, 0.25) is 5.91 Å². The third-order valence-corrected chi connectivity index (χ3v) is 3.70. The van der Waals surface area contributed by atoms with Crippen LogP contribution in [0, 0.1) is 5.92 Å². The van der Waals surface area contributed by atoms with Crippen LogP contribution in [-0.4, -0.2) is 63.8 Å². The molecular formula is C14H29N3O2. The number of nitrogens with zero attached hydrogens (tertiary/aromatic N) is 1.